The zero-order valence-corrected chi connectivity index (χ0v) is 13.0. The van der Waals surface area contributed by atoms with Gasteiger partial charge in [-0.05, 0) is 31.5 Å². The lowest BCUT2D eigenvalue weighted by atomic mass is 10.1. The van der Waals surface area contributed by atoms with E-state index in [4.69, 9.17) is 5.84 Å². The smallest absolute Gasteiger partial charge is 0.206 e. The number of hydrogen-bond donors (Lipinski definition) is 3. The molecule has 21 heavy (non-hydrogen) atoms. The van der Waals surface area contributed by atoms with Gasteiger partial charge >= 0.3 is 0 Å². The summed E-state index contributed by atoms with van der Waals surface area (Å²) >= 11 is 0. The third-order valence-corrected chi connectivity index (χ3v) is 3.91. The van der Waals surface area contributed by atoms with Crippen LogP contribution >= 0.6 is 0 Å². The molecule has 0 aromatic heterocycles. The molecule has 1 saturated carbocycles. The van der Waals surface area contributed by atoms with Crippen molar-refractivity contribution >= 4 is 5.96 Å². The van der Waals surface area contributed by atoms with Gasteiger partial charge < -0.3 is 5.32 Å². The topological polar surface area (TPSA) is 65.7 Å². The van der Waals surface area contributed by atoms with Crippen molar-refractivity contribution in [3.63, 3.8) is 0 Å². The molecular weight excluding hydrogens is 262 g/mol. The van der Waals surface area contributed by atoms with Crippen LogP contribution in [0.1, 0.15) is 38.3 Å². The van der Waals surface area contributed by atoms with Crippen LogP contribution < -0.4 is 16.6 Å². The molecule has 1 aromatic carbocycles. The van der Waals surface area contributed by atoms with Crippen LogP contribution in [0, 0.1) is 0 Å². The van der Waals surface area contributed by atoms with Crippen molar-refractivity contribution < 1.29 is 0 Å². The number of aliphatic imine (C=N–C) groups is 1. The summed E-state index contributed by atoms with van der Waals surface area (Å²) < 4.78 is 0. The highest BCUT2D eigenvalue weighted by Gasteiger charge is 2.23. The summed E-state index contributed by atoms with van der Waals surface area (Å²) in [4.78, 5) is 7.06. The minimum absolute atomic E-state index is 0.283. The number of likely N-dealkylation sites (N-methyl/N-ethyl adjacent to an activating group) is 1. The fourth-order valence-electron chi connectivity index (χ4n) is 2.50. The molecule has 1 aliphatic rings. The Bertz CT molecular complexity index is 437. The molecule has 1 unspecified atom stereocenters. The van der Waals surface area contributed by atoms with Gasteiger partial charge in [-0.15, -0.1) is 0 Å². The molecule has 0 heterocycles. The summed E-state index contributed by atoms with van der Waals surface area (Å²) in [6.07, 6.45) is 2.41. The highest BCUT2D eigenvalue weighted by Crippen LogP contribution is 2.21. The number of nitrogens with one attached hydrogen (secondary N) is 2. The van der Waals surface area contributed by atoms with Gasteiger partial charge in [-0.25, -0.2) is 5.84 Å². The lowest BCUT2D eigenvalue weighted by Crippen LogP contribution is -2.43. The second-order valence-electron chi connectivity index (χ2n) is 5.40. The summed E-state index contributed by atoms with van der Waals surface area (Å²) in [5, 5.41) is 3.32. The first kappa shape index (κ1) is 15.8. The summed E-state index contributed by atoms with van der Waals surface area (Å²) in [5.74, 6) is 6.26. The number of hydrogen-bond acceptors (Lipinski definition) is 3. The Labute approximate surface area is 127 Å². The van der Waals surface area contributed by atoms with Crippen LogP contribution in [0.2, 0.25) is 0 Å². The minimum atomic E-state index is 0.283. The third-order valence-electron chi connectivity index (χ3n) is 3.91. The number of hydrazine groups is 1. The summed E-state index contributed by atoms with van der Waals surface area (Å²) in [7, 11) is 0. The van der Waals surface area contributed by atoms with Crippen molar-refractivity contribution in [2.24, 2.45) is 10.8 Å². The summed E-state index contributed by atoms with van der Waals surface area (Å²) in [5.41, 5.74) is 3.97. The van der Waals surface area contributed by atoms with Crippen LogP contribution in [0.15, 0.2) is 35.3 Å². The van der Waals surface area contributed by atoms with Gasteiger partial charge in [-0.3, -0.25) is 15.3 Å². The number of nitrogens with zero attached hydrogens (tertiary/aromatic N) is 2. The Kier molecular flexibility index (Phi) is 6.02. The van der Waals surface area contributed by atoms with Gasteiger partial charge in [0.15, 0.2) is 0 Å². The van der Waals surface area contributed by atoms with Gasteiger partial charge in [0.2, 0.25) is 5.96 Å². The number of nitrogens with two attached hydrogens (primary N) is 1. The van der Waals surface area contributed by atoms with Crippen LogP contribution in [0.3, 0.4) is 0 Å². The third kappa shape index (κ3) is 4.72. The van der Waals surface area contributed by atoms with Crippen LogP contribution in [0.5, 0.6) is 0 Å². The van der Waals surface area contributed by atoms with E-state index < -0.39 is 0 Å². The molecule has 5 nitrogen and oxygen atoms in total. The maximum absolute atomic E-state index is 5.56. The van der Waals surface area contributed by atoms with Gasteiger partial charge in [-0.1, -0.05) is 44.2 Å². The Morgan fingerprint density at radius 3 is 2.48 bits per heavy atom. The highest BCUT2D eigenvalue weighted by molar-refractivity contribution is 5.79. The minimum Gasteiger partial charge on any atom is -0.353 e. The summed E-state index contributed by atoms with van der Waals surface area (Å²) in [6.45, 7) is 7.09. The predicted molar refractivity (Wildman–Crippen MR) is 87.9 cm³/mol. The second-order valence-corrected chi connectivity index (χ2v) is 5.40. The van der Waals surface area contributed by atoms with E-state index in [1.54, 1.807) is 0 Å². The zero-order valence-electron chi connectivity index (χ0n) is 13.0. The van der Waals surface area contributed by atoms with E-state index >= 15 is 0 Å². The van der Waals surface area contributed by atoms with E-state index in [9.17, 15) is 0 Å². The molecular formula is C16H27N5. The fraction of sp³-hybridized carbons (Fsp3) is 0.562. The van der Waals surface area contributed by atoms with Crippen molar-refractivity contribution in [3.05, 3.63) is 35.9 Å². The molecule has 4 N–H and O–H groups in total. The van der Waals surface area contributed by atoms with Crippen molar-refractivity contribution in [3.8, 4) is 0 Å². The Morgan fingerprint density at radius 1 is 1.29 bits per heavy atom. The van der Waals surface area contributed by atoms with Gasteiger partial charge in [0.25, 0.3) is 0 Å². The molecule has 116 valence electrons. The predicted octanol–water partition coefficient (Wildman–Crippen LogP) is 1.64. The largest absolute Gasteiger partial charge is 0.353 e. The van der Waals surface area contributed by atoms with Crippen molar-refractivity contribution in [1.82, 2.24) is 15.6 Å². The number of rotatable bonds is 7. The Balaban J connectivity index is 2.09. The zero-order chi connectivity index (χ0) is 15.1. The van der Waals surface area contributed by atoms with Gasteiger partial charge in [0.05, 0.1) is 12.6 Å². The molecule has 0 amide bonds. The lowest BCUT2D eigenvalue weighted by molar-refractivity contribution is 0.224. The maximum Gasteiger partial charge on any atom is 0.206 e. The normalized spacial score (nSPS) is 16.9. The van der Waals surface area contributed by atoms with E-state index in [2.05, 4.69) is 58.7 Å². The molecule has 5 heteroatoms. The van der Waals surface area contributed by atoms with Crippen LogP contribution in [-0.4, -0.2) is 36.5 Å². The Morgan fingerprint density at radius 2 is 1.95 bits per heavy atom. The molecule has 1 atom stereocenters. The molecule has 0 radical (unpaired) electrons. The van der Waals surface area contributed by atoms with Crippen molar-refractivity contribution in [2.45, 2.75) is 38.8 Å². The lowest BCUT2D eigenvalue weighted by Gasteiger charge is -2.29. The molecule has 0 spiro atoms. The van der Waals surface area contributed by atoms with Gasteiger partial charge in [0, 0.05) is 6.04 Å². The molecule has 2 rings (SSSR count). The Hall–Kier alpha value is -1.59. The maximum atomic E-state index is 5.56. The molecule has 1 fully saturated rings. The number of benzene rings is 1. The van der Waals surface area contributed by atoms with E-state index in [-0.39, 0.29) is 6.04 Å². The standard InChI is InChI=1S/C16H27N5/c1-3-21(4-2)15(13-8-6-5-7-9-13)12-18-16(20-17)19-14-10-11-14/h5-9,14-15H,3-4,10-12,17H2,1-2H3,(H2,18,19,20). The second kappa shape index (κ2) is 8.00. The quantitative estimate of drug-likeness (QED) is 0.309. The van der Waals surface area contributed by atoms with Crippen LogP contribution in [-0.2, 0) is 0 Å². The first-order valence-corrected chi connectivity index (χ1v) is 7.85. The first-order valence-electron chi connectivity index (χ1n) is 7.85. The monoisotopic (exact) mass is 289 g/mol. The van der Waals surface area contributed by atoms with E-state index in [1.807, 2.05) is 6.07 Å². The average molecular weight is 289 g/mol. The first-order chi connectivity index (χ1) is 10.3. The molecule has 1 aromatic rings. The van der Waals surface area contributed by atoms with Crippen LogP contribution in [0.25, 0.3) is 0 Å². The van der Waals surface area contributed by atoms with E-state index in [1.165, 1.54) is 18.4 Å². The molecule has 0 bridgehead atoms. The fourth-order valence-corrected chi connectivity index (χ4v) is 2.50. The van der Waals surface area contributed by atoms with E-state index in [0.717, 1.165) is 13.1 Å². The molecule has 0 saturated heterocycles. The van der Waals surface area contributed by atoms with Gasteiger partial charge in [0.1, 0.15) is 0 Å². The van der Waals surface area contributed by atoms with E-state index in [0.29, 0.717) is 18.5 Å². The highest BCUT2D eigenvalue weighted by atomic mass is 15.3. The molecule has 1 aliphatic carbocycles. The summed E-state index contributed by atoms with van der Waals surface area (Å²) in [6, 6.07) is 11.4. The van der Waals surface area contributed by atoms with Gasteiger partial charge in [-0.2, -0.15) is 0 Å². The van der Waals surface area contributed by atoms with Crippen molar-refractivity contribution in [1.29, 1.82) is 0 Å². The van der Waals surface area contributed by atoms with Crippen molar-refractivity contribution in [2.75, 3.05) is 19.6 Å². The van der Waals surface area contributed by atoms with Crippen LogP contribution in [0.4, 0.5) is 0 Å². The number of guanidine groups is 1. The average Bonchev–Trinajstić information content (AvgIpc) is 3.35. The SMILES string of the molecule is CCN(CC)C(CN=C(NN)NC1CC1)c1ccccc1. The molecule has 0 aliphatic heterocycles.